The molecule has 3 rings (SSSR count). The molecule has 0 spiro atoms. The highest BCUT2D eigenvalue weighted by molar-refractivity contribution is 5.89. The highest BCUT2D eigenvalue weighted by Crippen LogP contribution is 2.33. The van der Waals surface area contributed by atoms with Gasteiger partial charge in [-0.1, -0.05) is 30.3 Å². The molecule has 1 aromatic carbocycles. The van der Waals surface area contributed by atoms with Crippen molar-refractivity contribution >= 4 is 11.7 Å². The Morgan fingerprint density at radius 1 is 1.41 bits per heavy atom. The number of methoxy groups -OCH3 is 1. The van der Waals surface area contributed by atoms with Crippen molar-refractivity contribution in [3.63, 3.8) is 0 Å². The van der Waals surface area contributed by atoms with Gasteiger partial charge in [-0.15, -0.1) is 0 Å². The van der Waals surface area contributed by atoms with Crippen LogP contribution in [0.5, 0.6) is 0 Å². The molecule has 116 valence electrons. The summed E-state index contributed by atoms with van der Waals surface area (Å²) >= 11 is 0. The van der Waals surface area contributed by atoms with Crippen LogP contribution in [0.2, 0.25) is 0 Å². The maximum Gasteiger partial charge on any atom is 0.322 e. The van der Waals surface area contributed by atoms with E-state index in [1.807, 2.05) is 29.3 Å². The minimum absolute atomic E-state index is 0.0774. The molecule has 0 radical (unpaired) electrons. The first-order valence-electron chi connectivity index (χ1n) is 7.42. The van der Waals surface area contributed by atoms with E-state index in [0.29, 0.717) is 18.8 Å². The predicted octanol–water partition coefficient (Wildman–Crippen LogP) is 2.51. The Morgan fingerprint density at radius 3 is 2.91 bits per heavy atom. The average molecular weight is 300 g/mol. The maximum absolute atomic E-state index is 12.4. The van der Waals surface area contributed by atoms with Gasteiger partial charge < -0.3 is 15.0 Å². The lowest BCUT2D eigenvalue weighted by Crippen LogP contribution is -2.47. The lowest BCUT2D eigenvalue weighted by Gasteiger charge is -2.41. The lowest BCUT2D eigenvalue weighted by molar-refractivity contribution is 0.126. The number of nitrogens with zero attached hydrogens (tertiary/aromatic N) is 3. The number of hydrogen-bond donors (Lipinski definition) is 1. The van der Waals surface area contributed by atoms with Crippen LogP contribution in [-0.2, 0) is 11.3 Å². The van der Waals surface area contributed by atoms with E-state index >= 15 is 0 Å². The minimum Gasteiger partial charge on any atom is -0.383 e. The average Bonchev–Trinajstić information content (AvgIpc) is 2.92. The monoisotopic (exact) mass is 300 g/mol. The van der Waals surface area contributed by atoms with E-state index in [9.17, 15) is 4.79 Å². The third-order valence-corrected chi connectivity index (χ3v) is 3.87. The molecule has 1 aliphatic rings. The number of rotatable bonds is 5. The van der Waals surface area contributed by atoms with Crippen LogP contribution < -0.4 is 5.32 Å². The van der Waals surface area contributed by atoms with Gasteiger partial charge >= 0.3 is 6.03 Å². The molecule has 0 saturated carbocycles. The normalized spacial score (nSPS) is 17.1. The molecule has 0 aliphatic carbocycles. The van der Waals surface area contributed by atoms with Crippen LogP contribution in [-0.4, -0.2) is 41.0 Å². The van der Waals surface area contributed by atoms with Crippen molar-refractivity contribution in [2.75, 3.05) is 25.6 Å². The summed E-state index contributed by atoms with van der Waals surface area (Å²) in [7, 11) is 1.65. The molecule has 1 aliphatic heterocycles. The van der Waals surface area contributed by atoms with Crippen molar-refractivity contribution < 1.29 is 9.53 Å². The van der Waals surface area contributed by atoms with Gasteiger partial charge in [0.05, 0.1) is 31.1 Å². The van der Waals surface area contributed by atoms with Crippen LogP contribution >= 0.6 is 0 Å². The van der Waals surface area contributed by atoms with Gasteiger partial charge in [0.2, 0.25) is 0 Å². The first kappa shape index (κ1) is 14.6. The smallest absolute Gasteiger partial charge is 0.322 e. The van der Waals surface area contributed by atoms with Gasteiger partial charge in [0.1, 0.15) is 0 Å². The molecule has 1 atom stereocenters. The van der Waals surface area contributed by atoms with Crippen molar-refractivity contribution in [2.45, 2.75) is 19.0 Å². The molecule has 2 heterocycles. The summed E-state index contributed by atoms with van der Waals surface area (Å²) in [5, 5.41) is 7.09. The quantitative estimate of drug-likeness (QED) is 0.923. The van der Waals surface area contributed by atoms with Crippen molar-refractivity contribution in [3.05, 3.63) is 48.3 Å². The number of amides is 2. The third-order valence-electron chi connectivity index (χ3n) is 3.87. The zero-order valence-corrected chi connectivity index (χ0v) is 12.6. The number of carbonyl (C=O) groups is 1. The number of ether oxygens (including phenoxy) is 1. The SMILES string of the molecule is COCCn1cc(NC(=O)N2CCC2c2ccccc2)cn1. The summed E-state index contributed by atoms with van der Waals surface area (Å²) in [5.74, 6) is 0. The molecular formula is C16H20N4O2. The van der Waals surface area contributed by atoms with E-state index in [-0.39, 0.29) is 12.1 Å². The summed E-state index contributed by atoms with van der Waals surface area (Å²) in [5.41, 5.74) is 1.89. The van der Waals surface area contributed by atoms with Crippen LogP contribution in [0.3, 0.4) is 0 Å². The second-order valence-corrected chi connectivity index (χ2v) is 5.32. The second-order valence-electron chi connectivity index (χ2n) is 5.32. The number of likely N-dealkylation sites (tertiary alicyclic amines) is 1. The van der Waals surface area contributed by atoms with Crippen LogP contribution in [0.25, 0.3) is 0 Å². The summed E-state index contributed by atoms with van der Waals surface area (Å²) < 4.78 is 6.76. The van der Waals surface area contributed by atoms with E-state index in [0.717, 1.165) is 13.0 Å². The van der Waals surface area contributed by atoms with Gasteiger partial charge in [-0.3, -0.25) is 4.68 Å². The first-order chi connectivity index (χ1) is 10.8. The molecule has 0 bridgehead atoms. The van der Waals surface area contributed by atoms with E-state index in [2.05, 4.69) is 22.5 Å². The highest BCUT2D eigenvalue weighted by atomic mass is 16.5. The van der Waals surface area contributed by atoms with Gasteiger partial charge in [0, 0.05) is 19.9 Å². The number of urea groups is 1. The third kappa shape index (κ3) is 3.12. The first-order valence-corrected chi connectivity index (χ1v) is 7.42. The highest BCUT2D eigenvalue weighted by Gasteiger charge is 2.33. The molecule has 22 heavy (non-hydrogen) atoms. The zero-order valence-electron chi connectivity index (χ0n) is 12.6. The Kier molecular flexibility index (Phi) is 4.39. The molecule has 1 saturated heterocycles. The van der Waals surface area contributed by atoms with Crippen LogP contribution in [0.4, 0.5) is 10.5 Å². The zero-order chi connectivity index (χ0) is 15.4. The molecule has 1 aromatic heterocycles. The summed E-state index contributed by atoms with van der Waals surface area (Å²) in [6.07, 6.45) is 4.48. The molecule has 2 amide bonds. The fraction of sp³-hybridized carbons (Fsp3) is 0.375. The number of aromatic nitrogens is 2. The van der Waals surface area contributed by atoms with Gasteiger partial charge in [0.15, 0.2) is 0 Å². The van der Waals surface area contributed by atoms with Gasteiger partial charge in [-0.25, -0.2) is 4.79 Å². The summed E-state index contributed by atoms with van der Waals surface area (Å²) in [6.45, 7) is 2.04. The van der Waals surface area contributed by atoms with Gasteiger partial charge in [-0.2, -0.15) is 5.10 Å². The van der Waals surface area contributed by atoms with Crippen molar-refractivity contribution in [2.24, 2.45) is 0 Å². The van der Waals surface area contributed by atoms with Crippen LogP contribution in [0.15, 0.2) is 42.7 Å². The van der Waals surface area contributed by atoms with Crippen molar-refractivity contribution in [1.82, 2.24) is 14.7 Å². The number of carbonyl (C=O) groups excluding carboxylic acids is 1. The molecule has 6 nitrogen and oxygen atoms in total. The van der Waals surface area contributed by atoms with E-state index in [1.54, 1.807) is 18.0 Å². The van der Waals surface area contributed by atoms with Crippen molar-refractivity contribution in [1.29, 1.82) is 0 Å². The van der Waals surface area contributed by atoms with E-state index in [1.165, 1.54) is 5.56 Å². The molecule has 1 unspecified atom stereocenters. The fourth-order valence-corrected chi connectivity index (χ4v) is 2.58. The van der Waals surface area contributed by atoms with Crippen LogP contribution in [0.1, 0.15) is 18.0 Å². The van der Waals surface area contributed by atoms with Gasteiger partial charge in [0.25, 0.3) is 0 Å². The number of anilines is 1. The minimum atomic E-state index is -0.0774. The number of hydrogen-bond acceptors (Lipinski definition) is 3. The van der Waals surface area contributed by atoms with Crippen LogP contribution in [0, 0.1) is 0 Å². The summed E-state index contributed by atoms with van der Waals surface area (Å²) in [6, 6.07) is 10.2. The Morgan fingerprint density at radius 2 is 2.23 bits per heavy atom. The number of benzene rings is 1. The second kappa shape index (κ2) is 6.62. The lowest BCUT2D eigenvalue weighted by atomic mass is 9.95. The Labute approximate surface area is 129 Å². The Balaban J connectivity index is 1.59. The molecule has 1 fully saturated rings. The molecule has 1 N–H and O–H groups in total. The molecule has 2 aromatic rings. The topological polar surface area (TPSA) is 59.4 Å². The number of nitrogens with one attached hydrogen (secondary N) is 1. The van der Waals surface area contributed by atoms with E-state index < -0.39 is 0 Å². The van der Waals surface area contributed by atoms with Gasteiger partial charge in [-0.05, 0) is 12.0 Å². The Hall–Kier alpha value is -2.34. The summed E-state index contributed by atoms with van der Waals surface area (Å²) in [4.78, 5) is 14.2. The molecule has 6 heteroatoms. The van der Waals surface area contributed by atoms with E-state index in [4.69, 9.17) is 4.74 Å². The largest absolute Gasteiger partial charge is 0.383 e. The maximum atomic E-state index is 12.4. The standard InChI is InChI=1S/C16H20N4O2/c1-22-10-9-19-12-14(11-17-19)18-16(21)20-8-7-15(20)13-5-3-2-4-6-13/h2-6,11-12,15H,7-10H2,1H3,(H,18,21). The predicted molar refractivity (Wildman–Crippen MR) is 83.6 cm³/mol. The molecular weight excluding hydrogens is 280 g/mol. The fourth-order valence-electron chi connectivity index (χ4n) is 2.58. The van der Waals surface area contributed by atoms with Crippen molar-refractivity contribution in [3.8, 4) is 0 Å². The Bertz CT molecular complexity index is 626.